The fourth-order valence-corrected chi connectivity index (χ4v) is 2.35. The number of anilines is 1. The zero-order valence-electron chi connectivity index (χ0n) is 12.0. The van der Waals surface area contributed by atoms with Gasteiger partial charge in [-0.1, -0.05) is 33.6 Å². The van der Waals surface area contributed by atoms with Gasteiger partial charge in [-0.2, -0.15) is 0 Å². The van der Waals surface area contributed by atoms with Crippen molar-refractivity contribution in [2.75, 3.05) is 11.4 Å². The highest BCUT2D eigenvalue weighted by Crippen LogP contribution is 2.21. The van der Waals surface area contributed by atoms with E-state index >= 15 is 0 Å². The van der Waals surface area contributed by atoms with Gasteiger partial charge in [-0.25, -0.2) is 0 Å². The molecule has 2 aromatic rings. The molecule has 0 aliphatic rings. The van der Waals surface area contributed by atoms with Gasteiger partial charge in [-0.3, -0.25) is 4.79 Å². The minimum atomic E-state index is 0.0342. The summed E-state index contributed by atoms with van der Waals surface area (Å²) in [7, 11) is 0. The lowest BCUT2D eigenvalue weighted by Crippen LogP contribution is -2.30. The molecule has 104 valence electrons. The van der Waals surface area contributed by atoms with Crippen LogP contribution in [-0.2, 0) is 0 Å². The Kier molecular flexibility index (Phi) is 4.61. The van der Waals surface area contributed by atoms with Crippen molar-refractivity contribution in [3.05, 3.63) is 63.6 Å². The first-order valence-corrected chi connectivity index (χ1v) is 7.47. The van der Waals surface area contributed by atoms with Gasteiger partial charge in [0.1, 0.15) is 0 Å². The molecule has 0 saturated heterocycles. The van der Waals surface area contributed by atoms with Gasteiger partial charge in [0.25, 0.3) is 5.91 Å². The first-order chi connectivity index (χ1) is 9.52. The van der Waals surface area contributed by atoms with Gasteiger partial charge in [0.2, 0.25) is 0 Å². The van der Waals surface area contributed by atoms with Gasteiger partial charge >= 0.3 is 0 Å². The largest absolute Gasteiger partial charge is 0.309 e. The van der Waals surface area contributed by atoms with Gasteiger partial charge in [-0.15, -0.1) is 0 Å². The Balaban J connectivity index is 2.33. The lowest BCUT2D eigenvalue weighted by atomic mass is 10.1. The van der Waals surface area contributed by atoms with Crippen molar-refractivity contribution in [2.45, 2.75) is 20.8 Å². The Hall–Kier alpha value is -1.61. The van der Waals surface area contributed by atoms with E-state index in [4.69, 9.17) is 0 Å². The number of aryl methyl sites for hydroxylation is 2. The highest BCUT2D eigenvalue weighted by Gasteiger charge is 2.16. The maximum Gasteiger partial charge on any atom is 0.258 e. The molecule has 0 aromatic heterocycles. The highest BCUT2D eigenvalue weighted by molar-refractivity contribution is 9.10. The topological polar surface area (TPSA) is 20.3 Å². The molecule has 2 nitrogen and oxygen atoms in total. The number of carbonyl (C=O) groups is 1. The van der Waals surface area contributed by atoms with Crippen LogP contribution in [0.25, 0.3) is 0 Å². The zero-order valence-corrected chi connectivity index (χ0v) is 13.6. The zero-order chi connectivity index (χ0) is 14.7. The highest BCUT2D eigenvalue weighted by atomic mass is 79.9. The van der Waals surface area contributed by atoms with E-state index in [0.29, 0.717) is 12.1 Å². The molecule has 2 rings (SSSR count). The Labute approximate surface area is 128 Å². The Morgan fingerprint density at radius 1 is 1.10 bits per heavy atom. The molecule has 0 unspecified atom stereocenters. The number of benzene rings is 2. The van der Waals surface area contributed by atoms with Crippen molar-refractivity contribution in [2.24, 2.45) is 0 Å². The van der Waals surface area contributed by atoms with Gasteiger partial charge < -0.3 is 4.90 Å². The average molecular weight is 332 g/mol. The Bertz CT molecular complexity index is 619. The molecule has 0 bridgehead atoms. The van der Waals surface area contributed by atoms with Crippen molar-refractivity contribution in [3.8, 4) is 0 Å². The van der Waals surface area contributed by atoms with Crippen LogP contribution < -0.4 is 4.90 Å². The third-order valence-electron chi connectivity index (χ3n) is 3.31. The van der Waals surface area contributed by atoms with E-state index in [1.807, 2.05) is 63.2 Å². The number of halogens is 1. The minimum Gasteiger partial charge on any atom is -0.309 e. The molecule has 1 amide bonds. The first kappa shape index (κ1) is 14.8. The summed E-state index contributed by atoms with van der Waals surface area (Å²) in [5, 5.41) is 0. The van der Waals surface area contributed by atoms with Crippen LogP contribution >= 0.6 is 15.9 Å². The molecular weight excluding hydrogens is 314 g/mol. The summed E-state index contributed by atoms with van der Waals surface area (Å²) in [5.74, 6) is 0.0342. The minimum absolute atomic E-state index is 0.0342. The maximum atomic E-state index is 12.6. The fourth-order valence-electron chi connectivity index (χ4n) is 2.10. The number of rotatable bonds is 3. The molecule has 0 fully saturated rings. The lowest BCUT2D eigenvalue weighted by molar-refractivity contribution is 0.0988. The summed E-state index contributed by atoms with van der Waals surface area (Å²) in [4.78, 5) is 14.4. The van der Waals surface area contributed by atoms with Crippen molar-refractivity contribution in [1.29, 1.82) is 0 Å². The molecular formula is C17H18BrNO. The molecule has 0 saturated carbocycles. The number of nitrogens with zero attached hydrogens (tertiary/aromatic N) is 1. The average Bonchev–Trinajstić information content (AvgIpc) is 2.44. The van der Waals surface area contributed by atoms with Crippen molar-refractivity contribution in [3.63, 3.8) is 0 Å². The van der Waals surface area contributed by atoms with Gasteiger partial charge in [0.05, 0.1) is 0 Å². The quantitative estimate of drug-likeness (QED) is 0.795. The SMILES string of the molecule is CCN(C(=O)c1ccc(Br)c(C)c1)c1ccc(C)cc1. The van der Waals surface area contributed by atoms with E-state index in [-0.39, 0.29) is 5.91 Å². The van der Waals surface area contributed by atoms with Crippen LogP contribution in [0.3, 0.4) is 0 Å². The van der Waals surface area contributed by atoms with Crippen LogP contribution in [0.1, 0.15) is 28.4 Å². The monoisotopic (exact) mass is 331 g/mol. The van der Waals surface area contributed by atoms with Gasteiger partial charge in [-0.05, 0) is 56.7 Å². The molecule has 0 radical (unpaired) electrons. The van der Waals surface area contributed by atoms with Crippen molar-refractivity contribution in [1.82, 2.24) is 0 Å². The summed E-state index contributed by atoms with van der Waals surface area (Å²) < 4.78 is 1.02. The van der Waals surface area contributed by atoms with Crippen LogP contribution in [0.2, 0.25) is 0 Å². The van der Waals surface area contributed by atoms with E-state index in [2.05, 4.69) is 15.9 Å². The fraction of sp³-hybridized carbons (Fsp3) is 0.235. The van der Waals surface area contributed by atoms with Crippen molar-refractivity contribution < 1.29 is 4.79 Å². The summed E-state index contributed by atoms with van der Waals surface area (Å²) >= 11 is 3.46. The molecule has 0 aliphatic heterocycles. The number of amides is 1. The molecule has 0 spiro atoms. The van der Waals surface area contributed by atoms with Crippen LogP contribution in [0.15, 0.2) is 46.9 Å². The molecule has 0 aliphatic carbocycles. The third-order valence-corrected chi connectivity index (χ3v) is 4.20. The normalized spacial score (nSPS) is 10.4. The number of carbonyl (C=O) groups excluding carboxylic acids is 1. The van der Waals surface area contributed by atoms with Gasteiger partial charge in [0, 0.05) is 22.3 Å². The van der Waals surface area contributed by atoms with Gasteiger partial charge in [0.15, 0.2) is 0 Å². The number of hydrogen-bond donors (Lipinski definition) is 0. The Morgan fingerprint density at radius 2 is 1.75 bits per heavy atom. The predicted octanol–water partition coefficient (Wildman–Crippen LogP) is 4.73. The van der Waals surface area contributed by atoms with Crippen molar-refractivity contribution >= 4 is 27.5 Å². The van der Waals surface area contributed by atoms with Crippen LogP contribution in [0.5, 0.6) is 0 Å². The predicted molar refractivity (Wildman–Crippen MR) is 87.4 cm³/mol. The van der Waals surface area contributed by atoms with E-state index in [1.54, 1.807) is 4.90 Å². The second-order valence-corrected chi connectivity index (χ2v) is 5.70. The van der Waals surface area contributed by atoms with E-state index < -0.39 is 0 Å². The van der Waals surface area contributed by atoms with Crippen LogP contribution in [-0.4, -0.2) is 12.5 Å². The molecule has 0 N–H and O–H groups in total. The standard InChI is InChI=1S/C17H18BrNO/c1-4-19(15-8-5-12(2)6-9-15)17(20)14-7-10-16(18)13(3)11-14/h5-11H,4H2,1-3H3. The molecule has 0 atom stereocenters. The van der Waals surface area contributed by atoms with Crippen LogP contribution in [0.4, 0.5) is 5.69 Å². The lowest BCUT2D eigenvalue weighted by Gasteiger charge is -2.21. The summed E-state index contributed by atoms with van der Waals surface area (Å²) in [6.07, 6.45) is 0. The molecule has 20 heavy (non-hydrogen) atoms. The smallest absolute Gasteiger partial charge is 0.258 e. The molecule has 2 aromatic carbocycles. The first-order valence-electron chi connectivity index (χ1n) is 6.67. The second-order valence-electron chi connectivity index (χ2n) is 4.85. The van der Waals surface area contributed by atoms with E-state index in [0.717, 1.165) is 15.7 Å². The summed E-state index contributed by atoms with van der Waals surface area (Å²) in [5.41, 5.74) is 3.91. The summed E-state index contributed by atoms with van der Waals surface area (Å²) in [6, 6.07) is 13.7. The number of hydrogen-bond acceptors (Lipinski definition) is 1. The molecule has 0 heterocycles. The molecule has 3 heteroatoms. The van der Waals surface area contributed by atoms with E-state index in [1.165, 1.54) is 5.56 Å². The summed E-state index contributed by atoms with van der Waals surface area (Å²) in [6.45, 7) is 6.67. The van der Waals surface area contributed by atoms with Crippen LogP contribution in [0, 0.1) is 13.8 Å². The van der Waals surface area contributed by atoms with E-state index in [9.17, 15) is 4.79 Å². The third kappa shape index (κ3) is 3.10. The maximum absolute atomic E-state index is 12.6. The second kappa shape index (κ2) is 6.23. The Morgan fingerprint density at radius 3 is 2.30 bits per heavy atom.